The third kappa shape index (κ3) is 5.75. The van der Waals surface area contributed by atoms with E-state index in [1.54, 1.807) is 55.5 Å². The van der Waals surface area contributed by atoms with E-state index in [-0.39, 0.29) is 24.4 Å². The normalized spacial score (nSPS) is 12.0. The van der Waals surface area contributed by atoms with Gasteiger partial charge in [-0.25, -0.2) is 0 Å². The zero-order valence-corrected chi connectivity index (χ0v) is 14.4. The first-order valence-corrected chi connectivity index (χ1v) is 8.16. The smallest absolute Gasteiger partial charge is 0.313 e. The molecule has 0 bridgehead atoms. The Morgan fingerprint density at radius 1 is 1.00 bits per heavy atom. The van der Waals surface area contributed by atoms with Gasteiger partial charge in [-0.05, 0) is 18.6 Å². The molecule has 7 heteroatoms. The number of rotatable bonds is 9. The molecule has 0 amide bonds. The lowest BCUT2D eigenvalue weighted by Crippen LogP contribution is -2.18. The molecule has 1 unspecified atom stereocenters. The molecule has 26 heavy (non-hydrogen) atoms. The number of esters is 1. The van der Waals surface area contributed by atoms with Gasteiger partial charge in [-0.15, -0.1) is 0 Å². The van der Waals surface area contributed by atoms with Crippen molar-refractivity contribution >= 4 is 11.8 Å². The number of carbonyl (C=O) groups is 2. The predicted octanol–water partition coefficient (Wildman–Crippen LogP) is 2.97. The third-order valence-corrected chi connectivity index (χ3v) is 3.78. The molecule has 2 aromatic rings. The van der Waals surface area contributed by atoms with Crippen LogP contribution in [0.1, 0.15) is 40.7 Å². The van der Waals surface area contributed by atoms with Gasteiger partial charge in [0.2, 0.25) is 0 Å². The molecule has 0 saturated heterocycles. The van der Waals surface area contributed by atoms with Crippen LogP contribution in [0.2, 0.25) is 0 Å². The van der Waals surface area contributed by atoms with Gasteiger partial charge in [0.15, 0.2) is 5.78 Å². The van der Waals surface area contributed by atoms with E-state index in [1.165, 1.54) is 0 Å². The monoisotopic (exact) mass is 359 g/mol. The molecule has 138 valence electrons. The van der Waals surface area contributed by atoms with Crippen LogP contribution in [-0.4, -0.2) is 40.8 Å². The van der Waals surface area contributed by atoms with Crippen LogP contribution in [0.5, 0.6) is 0 Å². The molecule has 0 aliphatic rings. The topological polar surface area (TPSA) is 96.3 Å². The first-order chi connectivity index (χ1) is 12.5. The molecule has 1 atom stereocenters. The summed E-state index contributed by atoms with van der Waals surface area (Å²) in [7, 11) is 0. The van der Waals surface area contributed by atoms with E-state index in [4.69, 9.17) is 15.2 Å². The Kier molecular flexibility index (Phi) is 7.43. The second-order valence-electron chi connectivity index (χ2n) is 5.65. The fourth-order valence-corrected chi connectivity index (χ4v) is 2.34. The SMILES string of the molecule is CC(C(=O)OCCCON(O)O)c1cccc(C(=O)c2ccccc2)c1. The maximum Gasteiger partial charge on any atom is 0.313 e. The quantitative estimate of drug-likeness (QED) is 0.307. The largest absolute Gasteiger partial charge is 0.465 e. The van der Waals surface area contributed by atoms with Crippen molar-refractivity contribution in [2.75, 3.05) is 13.2 Å². The second-order valence-corrected chi connectivity index (χ2v) is 5.65. The Labute approximate surface area is 151 Å². The highest BCUT2D eigenvalue weighted by atomic mass is 17.1. The molecule has 0 aliphatic heterocycles. The summed E-state index contributed by atoms with van der Waals surface area (Å²) < 4.78 is 5.14. The number of ketones is 1. The van der Waals surface area contributed by atoms with Gasteiger partial charge < -0.3 is 4.74 Å². The molecule has 0 heterocycles. The summed E-state index contributed by atoms with van der Waals surface area (Å²) in [6.45, 7) is 1.78. The molecule has 7 nitrogen and oxygen atoms in total. The number of nitrogens with zero attached hydrogens (tertiary/aromatic N) is 1. The van der Waals surface area contributed by atoms with Gasteiger partial charge in [0.05, 0.1) is 24.5 Å². The molecular formula is C19H21NO6. The second kappa shape index (κ2) is 9.79. The van der Waals surface area contributed by atoms with Gasteiger partial charge in [-0.2, -0.15) is 0 Å². The molecule has 0 radical (unpaired) electrons. The lowest BCUT2D eigenvalue weighted by Gasteiger charge is -2.13. The minimum atomic E-state index is -0.536. The van der Waals surface area contributed by atoms with Crippen LogP contribution in [0.15, 0.2) is 54.6 Å². The van der Waals surface area contributed by atoms with Crippen LogP contribution in [0.3, 0.4) is 0 Å². The summed E-state index contributed by atoms with van der Waals surface area (Å²) in [6, 6.07) is 15.8. The Morgan fingerprint density at radius 2 is 1.69 bits per heavy atom. The first kappa shape index (κ1) is 19.7. The van der Waals surface area contributed by atoms with Crippen LogP contribution < -0.4 is 0 Å². The van der Waals surface area contributed by atoms with E-state index in [0.29, 0.717) is 23.1 Å². The van der Waals surface area contributed by atoms with E-state index in [9.17, 15) is 9.59 Å². The van der Waals surface area contributed by atoms with E-state index in [0.717, 1.165) is 0 Å². The van der Waals surface area contributed by atoms with Gasteiger partial charge in [0.1, 0.15) is 0 Å². The Balaban J connectivity index is 1.96. The average molecular weight is 359 g/mol. The Hall–Kier alpha value is -2.58. The fraction of sp³-hybridized carbons (Fsp3) is 0.263. The first-order valence-electron chi connectivity index (χ1n) is 8.16. The summed E-state index contributed by atoms with van der Waals surface area (Å²) >= 11 is 0. The van der Waals surface area contributed by atoms with Crippen LogP contribution in [0.25, 0.3) is 0 Å². The van der Waals surface area contributed by atoms with E-state index in [2.05, 4.69) is 4.84 Å². The Morgan fingerprint density at radius 3 is 2.38 bits per heavy atom. The summed E-state index contributed by atoms with van der Waals surface area (Å²) in [5.41, 5.74) is 1.78. The van der Waals surface area contributed by atoms with Gasteiger partial charge in [-0.1, -0.05) is 48.5 Å². The van der Waals surface area contributed by atoms with Gasteiger partial charge in [-0.3, -0.25) is 24.8 Å². The van der Waals surface area contributed by atoms with Crippen molar-refractivity contribution < 1.29 is 29.6 Å². The van der Waals surface area contributed by atoms with Gasteiger partial charge in [0, 0.05) is 17.5 Å². The van der Waals surface area contributed by atoms with Gasteiger partial charge in [0.25, 0.3) is 0 Å². The molecule has 2 aromatic carbocycles. The molecule has 0 fully saturated rings. The lowest BCUT2D eigenvalue weighted by atomic mass is 9.96. The van der Waals surface area contributed by atoms with Crippen molar-refractivity contribution in [3.8, 4) is 0 Å². The molecule has 0 saturated carbocycles. The summed E-state index contributed by atoms with van der Waals surface area (Å²) in [6.07, 6.45) is 0.308. The summed E-state index contributed by atoms with van der Waals surface area (Å²) in [5, 5.41) is 16.4. The number of carbonyl (C=O) groups excluding carboxylic acids is 2. The number of benzene rings is 2. The number of hydrogen-bond acceptors (Lipinski definition) is 7. The zero-order chi connectivity index (χ0) is 18.9. The average Bonchev–Trinajstić information content (AvgIpc) is 2.67. The molecular weight excluding hydrogens is 338 g/mol. The predicted molar refractivity (Wildman–Crippen MR) is 91.7 cm³/mol. The number of ether oxygens (including phenoxy) is 1. The molecule has 0 aliphatic carbocycles. The highest BCUT2D eigenvalue weighted by molar-refractivity contribution is 6.09. The summed E-state index contributed by atoms with van der Waals surface area (Å²) in [5.74, 6) is -1.08. The molecule has 0 aromatic heterocycles. The maximum atomic E-state index is 12.5. The van der Waals surface area contributed by atoms with Crippen molar-refractivity contribution in [2.45, 2.75) is 19.3 Å². The number of hydrogen-bond donors (Lipinski definition) is 2. The van der Waals surface area contributed by atoms with Crippen LogP contribution in [-0.2, 0) is 14.4 Å². The van der Waals surface area contributed by atoms with E-state index >= 15 is 0 Å². The highest BCUT2D eigenvalue weighted by Crippen LogP contribution is 2.20. The van der Waals surface area contributed by atoms with Crippen LogP contribution in [0, 0.1) is 0 Å². The van der Waals surface area contributed by atoms with Crippen molar-refractivity contribution in [1.82, 2.24) is 5.39 Å². The third-order valence-electron chi connectivity index (χ3n) is 3.78. The van der Waals surface area contributed by atoms with Crippen molar-refractivity contribution in [2.24, 2.45) is 0 Å². The van der Waals surface area contributed by atoms with Crippen molar-refractivity contribution in [3.05, 3.63) is 71.3 Å². The summed E-state index contributed by atoms with van der Waals surface area (Å²) in [4.78, 5) is 29.0. The standard InChI is InChI=1S/C19H21NO6/c1-14(19(22)25-11-6-12-26-20(23)24)16-9-5-10-17(13-16)18(21)15-7-3-2-4-8-15/h2-5,7-10,13-14,23-24H,6,11-12H2,1H3. The highest BCUT2D eigenvalue weighted by Gasteiger charge is 2.18. The van der Waals surface area contributed by atoms with Crippen LogP contribution >= 0.6 is 0 Å². The van der Waals surface area contributed by atoms with E-state index < -0.39 is 11.9 Å². The van der Waals surface area contributed by atoms with Crippen LogP contribution in [0.4, 0.5) is 0 Å². The molecule has 2 N–H and O–H groups in total. The van der Waals surface area contributed by atoms with Gasteiger partial charge >= 0.3 is 5.97 Å². The maximum absolute atomic E-state index is 12.5. The Bertz CT molecular complexity index is 732. The molecule has 0 spiro atoms. The minimum absolute atomic E-state index is 0.00424. The lowest BCUT2D eigenvalue weighted by molar-refractivity contribution is -0.492. The fourth-order valence-electron chi connectivity index (χ4n) is 2.34. The molecule has 2 rings (SSSR count). The van der Waals surface area contributed by atoms with Crippen molar-refractivity contribution in [3.63, 3.8) is 0 Å². The van der Waals surface area contributed by atoms with E-state index in [1.807, 2.05) is 6.07 Å². The minimum Gasteiger partial charge on any atom is -0.465 e. The zero-order valence-electron chi connectivity index (χ0n) is 14.4. The van der Waals surface area contributed by atoms with Crippen molar-refractivity contribution in [1.29, 1.82) is 0 Å².